The molecule has 0 aliphatic rings. The highest BCUT2D eigenvalue weighted by Gasteiger charge is 2.13. The van der Waals surface area contributed by atoms with Crippen molar-refractivity contribution in [1.82, 2.24) is 4.90 Å². The number of hydrogen-bond donors (Lipinski definition) is 1. The Hall–Kier alpha value is -2.38. The quantitative estimate of drug-likeness (QED) is 0.719. The van der Waals surface area contributed by atoms with Gasteiger partial charge in [0.1, 0.15) is 11.5 Å². The monoisotopic (exact) mass is 398 g/mol. The fraction of sp³-hybridized carbons (Fsp3) is 0.316. The van der Waals surface area contributed by atoms with Gasteiger partial charge >= 0.3 is 6.61 Å². The number of alkyl halides is 2. The summed E-state index contributed by atoms with van der Waals surface area (Å²) in [5.41, 5.74) is 2.24. The maximum atomic E-state index is 12.3. The number of nitrogens with one attached hydrogen (secondary N) is 1. The van der Waals surface area contributed by atoms with Crippen LogP contribution in [-0.2, 0) is 11.3 Å². The lowest BCUT2D eigenvalue weighted by molar-refractivity contribution is -0.117. The number of nitrogens with zero attached hydrogens (tertiary/aromatic N) is 1. The summed E-state index contributed by atoms with van der Waals surface area (Å²) in [6.07, 6.45) is 0. The lowest BCUT2D eigenvalue weighted by Gasteiger charge is -2.18. The normalized spacial score (nSPS) is 11.0. The lowest BCUT2D eigenvalue weighted by Crippen LogP contribution is -2.30. The van der Waals surface area contributed by atoms with Crippen molar-refractivity contribution in [2.24, 2.45) is 0 Å². The van der Waals surface area contributed by atoms with E-state index in [0.29, 0.717) is 23.0 Å². The Morgan fingerprint density at radius 3 is 2.52 bits per heavy atom. The summed E-state index contributed by atoms with van der Waals surface area (Å²) in [6, 6.07) is 9.70. The predicted molar refractivity (Wildman–Crippen MR) is 101 cm³/mol. The van der Waals surface area contributed by atoms with E-state index in [1.807, 2.05) is 6.92 Å². The van der Waals surface area contributed by atoms with Gasteiger partial charge in [-0.25, -0.2) is 0 Å². The Balaban J connectivity index is 1.93. The molecule has 0 saturated heterocycles. The summed E-state index contributed by atoms with van der Waals surface area (Å²) in [4.78, 5) is 14.1. The third kappa shape index (κ3) is 6.37. The number of anilines is 1. The summed E-state index contributed by atoms with van der Waals surface area (Å²) in [7, 11) is 3.29. The molecule has 2 rings (SSSR count). The Morgan fingerprint density at radius 2 is 1.93 bits per heavy atom. The van der Waals surface area contributed by atoms with Gasteiger partial charge in [0.05, 0.1) is 19.3 Å². The second kappa shape index (κ2) is 9.53. The molecular weight excluding hydrogens is 378 g/mol. The predicted octanol–water partition coefficient (Wildman–Crippen LogP) is 4.33. The van der Waals surface area contributed by atoms with Crippen molar-refractivity contribution in [2.45, 2.75) is 20.1 Å². The molecule has 1 N–H and O–H groups in total. The van der Waals surface area contributed by atoms with Gasteiger partial charge in [-0.1, -0.05) is 23.7 Å². The highest BCUT2D eigenvalue weighted by atomic mass is 35.5. The van der Waals surface area contributed by atoms with Crippen LogP contribution in [0, 0.1) is 6.92 Å². The molecule has 146 valence electrons. The van der Waals surface area contributed by atoms with E-state index in [-0.39, 0.29) is 18.2 Å². The van der Waals surface area contributed by atoms with Gasteiger partial charge in [0.25, 0.3) is 0 Å². The van der Waals surface area contributed by atoms with Crippen molar-refractivity contribution in [1.29, 1.82) is 0 Å². The van der Waals surface area contributed by atoms with E-state index in [9.17, 15) is 13.6 Å². The Kier molecular flexibility index (Phi) is 7.38. The standard InChI is InChI=1S/C19H21ClF2N2O3/c1-12-8-16(17(26-3)9-15(12)20)23-18(25)11-24(2)10-13-4-6-14(7-5-13)27-19(21)22/h4-9,19H,10-11H2,1-3H3,(H,23,25). The number of carbonyl (C=O) groups is 1. The zero-order chi connectivity index (χ0) is 20.0. The molecule has 0 radical (unpaired) electrons. The first-order valence-electron chi connectivity index (χ1n) is 8.14. The number of likely N-dealkylation sites (N-methyl/N-ethyl adjacent to an activating group) is 1. The van der Waals surface area contributed by atoms with Crippen LogP contribution in [0.2, 0.25) is 5.02 Å². The third-order valence-electron chi connectivity index (χ3n) is 3.77. The molecule has 27 heavy (non-hydrogen) atoms. The Bertz CT molecular complexity index is 785. The van der Waals surface area contributed by atoms with Crippen LogP contribution in [0.15, 0.2) is 36.4 Å². The van der Waals surface area contributed by atoms with E-state index in [1.54, 1.807) is 36.2 Å². The van der Waals surface area contributed by atoms with Gasteiger partial charge in [-0.15, -0.1) is 0 Å². The number of benzene rings is 2. The molecular formula is C19H21ClF2N2O3. The smallest absolute Gasteiger partial charge is 0.387 e. The van der Waals surface area contributed by atoms with Crippen LogP contribution in [0.1, 0.15) is 11.1 Å². The highest BCUT2D eigenvalue weighted by molar-refractivity contribution is 6.31. The number of carbonyl (C=O) groups excluding carboxylic acids is 1. The van der Waals surface area contributed by atoms with E-state index in [1.165, 1.54) is 19.2 Å². The zero-order valence-corrected chi connectivity index (χ0v) is 16.0. The van der Waals surface area contributed by atoms with Crippen molar-refractivity contribution < 1.29 is 23.0 Å². The first kappa shape index (κ1) is 20.9. The molecule has 0 fully saturated rings. The van der Waals surface area contributed by atoms with Gasteiger partial charge in [0, 0.05) is 17.6 Å². The van der Waals surface area contributed by atoms with Crippen LogP contribution < -0.4 is 14.8 Å². The fourth-order valence-electron chi connectivity index (χ4n) is 2.51. The van der Waals surface area contributed by atoms with Crippen LogP contribution in [0.25, 0.3) is 0 Å². The third-order valence-corrected chi connectivity index (χ3v) is 4.18. The van der Waals surface area contributed by atoms with Crippen LogP contribution in [0.3, 0.4) is 0 Å². The molecule has 8 heteroatoms. The van der Waals surface area contributed by atoms with Crippen molar-refractivity contribution >= 4 is 23.2 Å². The Labute approximate surface area is 161 Å². The summed E-state index contributed by atoms with van der Waals surface area (Å²) < 4.78 is 33.9. The fourth-order valence-corrected chi connectivity index (χ4v) is 2.66. The van der Waals surface area contributed by atoms with Crippen LogP contribution >= 0.6 is 11.6 Å². The number of halogens is 3. The van der Waals surface area contributed by atoms with Crippen molar-refractivity contribution in [3.63, 3.8) is 0 Å². The van der Waals surface area contributed by atoms with Crippen LogP contribution in [0.4, 0.5) is 14.5 Å². The second-order valence-corrected chi connectivity index (χ2v) is 6.45. The number of ether oxygens (including phenoxy) is 2. The molecule has 0 unspecified atom stereocenters. The average Bonchev–Trinajstić information content (AvgIpc) is 2.59. The molecule has 0 aromatic heterocycles. The van der Waals surface area contributed by atoms with Gasteiger partial charge in [-0.05, 0) is 43.3 Å². The summed E-state index contributed by atoms with van der Waals surface area (Å²) in [5.74, 6) is 0.366. The molecule has 0 bridgehead atoms. The van der Waals surface area contributed by atoms with Crippen molar-refractivity contribution in [2.75, 3.05) is 26.0 Å². The molecule has 2 aromatic carbocycles. The number of amides is 1. The van der Waals surface area contributed by atoms with E-state index in [0.717, 1.165) is 11.1 Å². The number of aryl methyl sites for hydroxylation is 1. The van der Waals surface area contributed by atoms with Crippen LogP contribution in [-0.4, -0.2) is 38.1 Å². The molecule has 0 spiro atoms. The maximum absolute atomic E-state index is 12.3. The lowest BCUT2D eigenvalue weighted by atomic mass is 10.2. The van der Waals surface area contributed by atoms with Crippen molar-refractivity contribution in [3.8, 4) is 11.5 Å². The topological polar surface area (TPSA) is 50.8 Å². The largest absolute Gasteiger partial charge is 0.495 e. The van der Waals surface area contributed by atoms with Gasteiger partial charge in [0.15, 0.2) is 0 Å². The Morgan fingerprint density at radius 1 is 1.26 bits per heavy atom. The van der Waals surface area contributed by atoms with Gasteiger partial charge < -0.3 is 14.8 Å². The van der Waals surface area contributed by atoms with Gasteiger partial charge in [-0.3, -0.25) is 9.69 Å². The van der Waals surface area contributed by atoms with E-state index < -0.39 is 6.61 Å². The first-order valence-corrected chi connectivity index (χ1v) is 8.52. The molecule has 0 atom stereocenters. The minimum atomic E-state index is -2.85. The first-order chi connectivity index (χ1) is 12.8. The summed E-state index contributed by atoms with van der Waals surface area (Å²) in [6.45, 7) is -0.403. The summed E-state index contributed by atoms with van der Waals surface area (Å²) in [5, 5.41) is 3.37. The van der Waals surface area contributed by atoms with E-state index in [4.69, 9.17) is 16.3 Å². The SMILES string of the molecule is COc1cc(Cl)c(C)cc1NC(=O)CN(C)Cc1ccc(OC(F)F)cc1. The van der Waals surface area contributed by atoms with Gasteiger partial charge in [-0.2, -0.15) is 8.78 Å². The molecule has 0 aliphatic carbocycles. The summed E-state index contributed by atoms with van der Waals surface area (Å²) >= 11 is 6.06. The molecule has 2 aromatic rings. The zero-order valence-electron chi connectivity index (χ0n) is 15.3. The average molecular weight is 399 g/mol. The maximum Gasteiger partial charge on any atom is 0.387 e. The molecule has 0 aliphatic heterocycles. The molecule has 5 nitrogen and oxygen atoms in total. The minimum Gasteiger partial charge on any atom is -0.495 e. The van der Waals surface area contributed by atoms with Gasteiger partial charge in [0.2, 0.25) is 5.91 Å². The number of hydrogen-bond acceptors (Lipinski definition) is 4. The van der Waals surface area contributed by atoms with Crippen LogP contribution in [0.5, 0.6) is 11.5 Å². The number of rotatable bonds is 8. The molecule has 1 amide bonds. The second-order valence-electron chi connectivity index (χ2n) is 6.04. The minimum absolute atomic E-state index is 0.0966. The number of methoxy groups -OCH3 is 1. The molecule has 0 saturated carbocycles. The van der Waals surface area contributed by atoms with E-state index >= 15 is 0 Å². The van der Waals surface area contributed by atoms with E-state index in [2.05, 4.69) is 10.1 Å². The highest BCUT2D eigenvalue weighted by Crippen LogP contribution is 2.30. The molecule has 0 heterocycles. The van der Waals surface area contributed by atoms with Crippen molar-refractivity contribution in [3.05, 3.63) is 52.5 Å².